The van der Waals surface area contributed by atoms with Crippen molar-refractivity contribution in [1.82, 2.24) is 20.6 Å². The van der Waals surface area contributed by atoms with E-state index < -0.39 is 18.6 Å². The third-order valence-electron chi connectivity index (χ3n) is 6.91. The second-order valence-corrected chi connectivity index (χ2v) is 10.1. The quantitative estimate of drug-likeness (QED) is 0.158. The van der Waals surface area contributed by atoms with Crippen LogP contribution in [0.4, 0.5) is 35.0 Å². The number of urea groups is 1. The lowest BCUT2D eigenvalue weighted by Gasteiger charge is -2.28. The summed E-state index contributed by atoms with van der Waals surface area (Å²) in [6, 6.07) is 29.1. The van der Waals surface area contributed by atoms with Crippen LogP contribution in [0.2, 0.25) is 0 Å². The van der Waals surface area contributed by atoms with E-state index in [0.29, 0.717) is 35.9 Å². The summed E-state index contributed by atoms with van der Waals surface area (Å²) in [5, 5.41) is 19.9. The number of aromatic nitrogens is 4. The zero-order valence-electron chi connectivity index (χ0n) is 23.4. The van der Waals surface area contributed by atoms with Gasteiger partial charge in [-0.1, -0.05) is 78.4 Å². The first-order chi connectivity index (χ1) is 20.7. The normalized spacial score (nSPS) is 11.3. The zero-order chi connectivity index (χ0) is 30.2. The minimum atomic E-state index is -4.34. The Bertz CT molecular complexity index is 1640. The third-order valence-corrected chi connectivity index (χ3v) is 6.91. The van der Waals surface area contributed by atoms with Gasteiger partial charge in [0.25, 0.3) is 0 Å². The Balaban J connectivity index is 1.52. The van der Waals surface area contributed by atoms with Crippen molar-refractivity contribution in [1.29, 1.82) is 0 Å². The molecule has 5 rings (SSSR count). The van der Waals surface area contributed by atoms with E-state index in [1.54, 1.807) is 29.2 Å². The van der Waals surface area contributed by atoms with E-state index in [9.17, 15) is 18.0 Å². The summed E-state index contributed by atoms with van der Waals surface area (Å²) in [5.41, 5.74) is 5.69. The minimum Gasteiger partial charge on any atom is -0.369 e. The van der Waals surface area contributed by atoms with Crippen molar-refractivity contribution in [3.63, 3.8) is 0 Å². The Morgan fingerprint density at radius 1 is 0.860 bits per heavy atom. The Hall–Kier alpha value is -5.19. The minimum absolute atomic E-state index is 0.274. The monoisotopic (exact) mass is 585 g/mol. The van der Waals surface area contributed by atoms with Crippen LogP contribution in [0.5, 0.6) is 0 Å². The molecule has 0 saturated heterocycles. The molecule has 0 spiro atoms. The first kappa shape index (κ1) is 29.3. The van der Waals surface area contributed by atoms with Crippen LogP contribution in [0, 0.1) is 6.92 Å². The van der Waals surface area contributed by atoms with Crippen LogP contribution < -0.4 is 15.5 Å². The molecule has 43 heavy (non-hydrogen) atoms. The van der Waals surface area contributed by atoms with Crippen LogP contribution in [0.25, 0.3) is 22.5 Å². The standard InChI is InChI=1S/C32H30F3N7O/c1-22-11-14-25(15-12-22)36-31(43)37-28-21-24(26-9-5-6-10-27(26)30-38-40-41-39-30)13-16-29(28)42(20-18-32(33,34)35)19-17-23-7-3-2-4-8-23/h2-16,21H,17-20H2,1H3,(H2,36,37,43)(H,38,39,40,41). The molecule has 3 N–H and O–H groups in total. The van der Waals surface area contributed by atoms with Gasteiger partial charge in [-0.2, -0.15) is 13.2 Å². The molecule has 0 unspecified atom stereocenters. The Labute approximate surface area is 247 Å². The van der Waals surface area contributed by atoms with Gasteiger partial charge in [-0.05, 0) is 64.7 Å². The molecular formula is C32H30F3N7O. The number of carbonyl (C=O) groups excluding carboxylic acids is 1. The van der Waals surface area contributed by atoms with Crippen LogP contribution >= 0.6 is 0 Å². The maximum atomic E-state index is 13.4. The van der Waals surface area contributed by atoms with E-state index in [2.05, 4.69) is 31.3 Å². The average Bonchev–Trinajstić information content (AvgIpc) is 3.54. The van der Waals surface area contributed by atoms with Gasteiger partial charge in [0.15, 0.2) is 5.82 Å². The molecule has 4 aromatic carbocycles. The number of aromatic amines is 1. The fraction of sp³-hybridized carbons (Fsp3) is 0.188. The summed E-state index contributed by atoms with van der Waals surface area (Å²) < 4.78 is 40.2. The van der Waals surface area contributed by atoms with Crippen molar-refractivity contribution < 1.29 is 18.0 Å². The zero-order valence-corrected chi connectivity index (χ0v) is 23.4. The van der Waals surface area contributed by atoms with Gasteiger partial charge in [0.05, 0.1) is 17.8 Å². The lowest BCUT2D eigenvalue weighted by atomic mass is 9.98. The molecule has 2 amide bonds. The molecular weight excluding hydrogens is 555 g/mol. The number of carbonyl (C=O) groups is 1. The Morgan fingerprint density at radius 3 is 2.28 bits per heavy atom. The molecule has 8 nitrogen and oxygen atoms in total. The van der Waals surface area contributed by atoms with Gasteiger partial charge in [0.2, 0.25) is 0 Å². The highest BCUT2D eigenvalue weighted by molar-refractivity contribution is 6.02. The largest absolute Gasteiger partial charge is 0.390 e. The number of nitrogens with zero attached hydrogens (tertiary/aromatic N) is 4. The highest BCUT2D eigenvalue weighted by Gasteiger charge is 2.28. The number of halogens is 3. The van der Waals surface area contributed by atoms with Crippen molar-refractivity contribution in [2.24, 2.45) is 0 Å². The number of H-pyrrole nitrogens is 1. The molecule has 1 aromatic heterocycles. The van der Waals surface area contributed by atoms with Gasteiger partial charge in [-0.25, -0.2) is 9.89 Å². The Morgan fingerprint density at radius 2 is 1.58 bits per heavy atom. The summed E-state index contributed by atoms with van der Waals surface area (Å²) in [5.74, 6) is 0.459. The number of rotatable bonds is 10. The van der Waals surface area contributed by atoms with Gasteiger partial charge in [-0.15, -0.1) is 5.10 Å². The van der Waals surface area contributed by atoms with E-state index in [-0.39, 0.29) is 6.54 Å². The molecule has 220 valence electrons. The van der Waals surface area contributed by atoms with Crippen molar-refractivity contribution in [2.45, 2.75) is 25.9 Å². The van der Waals surface area contributed by atoms with Crippen LogP contribution in [-0.2, 0) is 6.42 Å². The molecule has 0 radical (unpaired) electrons. The number of alkyl halides is 3. The summed E-state index contributed by atoms with van der Waals surface area (Å²) in [6.45, 7) is 1.98. The van der Waals surface area contributed by atoms with Crippen LogP contribution in [0.3, 0.4) is 0 Å². The predicted molar refractivity (Wildman–Crippen MR) is 162 cm³/mol. The van der Waals surface area contributed by atoms with Gasteiger partial charge in [0, 0.05) is 24.3 Å². The van der Waals surface area contributed by atoms with E-state index in [1.165, 1.54) is 0 Å². The first-order valence-electron chi connectivity index (χ1n) is 13.7. The molecule has 0 saturated carbocycles. The number of aryl methyl sites for hydroxylation is 1. The van der Waals surface area contributed by atoms with Crippen LogP contribution in [0.1, 0.15) is 17.5 Å². The van der Waals surface area contributed by atoms with E-state index in [0.717, 1.165) is 27.8 Å². The Kier molecular flexibility index (Phi) is 8.99. The lowest BCUT2D eigenvalue weighted by molar-refractivity contribution is -0.132. The maximum Gasteiger partial charge on any atom is 0.390 e. The van der Waals surface area contributed by atoms with Crippen LogP contribution in [-0.4, -0.2) is 45.9 Å². The number of nitrogens with one attached hydrogen (secondary N) is 3. The second-order valence-electron chi connectivity index (χ2n) is 10.1. The highest BCUT2D eigenvalue weighted by Crippen LogP contribution is 2.36. The number of hydrogen-bond donors (Lipinski definition) is 3. The number of anilines is 3. The number of hydrogen-bond acceptors (Lipinski definition) is 5. The molecule has 0 aliphatic carbocycles. The molecule has 0 fully saturated rings. The molecule has 0 aliphatic rings. The lowest BCUT2D eigenvalue weighted by Crippen LogP contribution is -2.31. The summed E-state index contributed by atoms with van der Waals surface area (Å²) >= 11 is 0. The molecule has 11 heteroatoms. The van der Waals surface area contributed by atoms with Crippen molar-refractivity contribution >= 4 is 23.1 Å². The van der Waals surface area contributed by atoms with E-state index in [1.807, 2.05) is 79.7 Å². The average molecular weight is 586 g/mol. The maximum absolute atomic E-state index is 13.4. The second kappa shape index (κ2) is 13.2. The van der Waals surface area contributed by atoms with E-state index >= 15 is 0 Å². The smallest absolute Gasteiger partial charge is 0.369 e. The summed E-state index contributed by atoms with van der Waals surface area (Å²) in [7, 11) is 0. The highest BCUT2D eigenvalue weighted by atomic mass is 19.4. The SMILES string of the molecule is Cc1ccc(NC(=O)Nc2cc(-c3ccccc3-c3nnn[nH]3)ccc2N(CCc2ccccc2)CCC(F)(F)F)cc1. The number of tetrazole rings is 1. The van der Waals surface area contributed by atoms with Gasteiger partial charge in [-0.3, -0.25) is 0 Å². The molecule has 5 aromatic rings. The molecule has 1 heterocycles. The number of amides is 2. The topological polar surface area (TPSA) is 98.8 Å². The molecule has 0 atom stereocenters. The van der Waals surface area contributed by atoms with Crippen molar-refractivity contribution in [3.8, 4) is 22.5 Å². The third kappa shape index (κ3) is 7.97. The van der Waals surface area contributed by atoms with Gasteiger partial charge < -0.3 is 15.5 Å². The van der Waals surface area contributed by atoms with Gasteiger partial charge in [0.1, 0.15) is 0 Å². The number of benzene rings is 4. The summed E-state index contributed by atoms with van der Waals surface area (Å²) in [6.07, 6.45) is -4.82. The van der Waals surface area contributed by atoms with Crippen molar-refractivity contribution in [2.75, 3.05) is 28.6 Å². The molecule has 0 aliphatic heterocycles. The van der Waals surface area contributed by atoms with Gasteiger partial charge >= 0.3 is 12.2 Å². The fourth-order valence-corrected chi connectivity index (χ4v) is 4.74. The summed E-state index contributed by atoms with van der Waals surface area (Å²) in [4.78, 5) is 14.9. The fourth-order valence-electron chi connectivity index (χ4n) is 4.74. The van der Waals surface area contributed by atoms with Crippen LogP contribution in [0.15, 0.2) is 97.1 Å². The predicted octanol–water partition coefficient (Wildman–Crippen LogP) is 7.49. The first-order valence-corrected chi connectivity index (χ1v) is 13.7. The van der Waals surface area contributed by atoms with Crippen molar-refractivity contribution in [3.05, 3.63) is 108 Å². The molecule has 0 bridgehead atoms. The van der Waals surface area contributed by atoms with E-state index in [4.69, 9.17) is 0 Å².